The summed E-state index contributed by atoms with van der Waals surface area (Å²) in [5, 5.41) is 13.9. The molecule has 1 aliphatic carbocycles. The molecule has 1 heterocycles. The summed E-state index contributed by atoms with van der Waals surface area (Å²) in [6, 6.07) is 3.63. The normalized spacial score (nSPS) is 15.7. The number of esters is 1. The highest BCUT2D eigenvalue weighted by atomic mass is 35.5. The minimum atomic E-state index is -0.586. The number of nitro groups is 1. The Labute approximate surface area is 164 Å². The summed E-state index contributed by atoms with van der Waals surface area (Å²) in [5.41, 5.74) is 1.20. The second kappa shape index (κ2) is 7.66. The molecule has 0 radical (unpaired) electrons. The molecule has 1 atom stereocenters. The number of rotatable bonds is 4. The van der Waals surface area contributed by atoms with E-state index in [1.165, 1.54) is 30.6 Å². The first-order valence-electron chi connectivity index (χ1n) is 8.30. The number of benzene rings is 1. The van der Waals surface area contributed by atoms with Gasteiger partial charge in [0.25, 0.3) is 11.6 Å². The van der Waals surface area contributed by atoms with Crippen molar-refractivity contribution in [1.29, 1.82) is 0 Å². The van der Waals surface area contributed by atoms with Crippen LogP contribution in [0.25, 0.3) is 0 Å². The van der Waals surface area contributed by atoms with E-state index in [0.29, 0.717) is 16.5 Å². The van der Waals surface area contributed by atoms with Gasteiger partial charge in [0.05, 0.1) is 28.2 Å². The molecule has 1 aromatic heterocycles. The van der Waals surface area contributed by atoms with Crippen LogP contribution in [-0.4, -0.2) is 23.9 Å². The van der Waals surface area contributed by atoms with E-state index >= 15 is 0 Å². The summed E-state index contributed by atoms with van der Waals surface area (Å²) >= 11 is 7.39. The van der Waals surface area contributed by atoms with Gasteiger partial charge >= 0.3 is 5.97 Å². The van der Waals surface area contributed by atoms with Crippen molar-refractivity contribution in [2.75, 3.05) is 12.4 Å². The number of halogens is 1. The average molecular weight is 409 g/mol. The van der Waals surface area contributed by atoms with Crippen molar-refractivity contribution in [3.8, 4) is 0 Å². The first kappa shape index (κ1) is 19.3. The van der Waals surface area contributed by atoms with Crippen LogP contribution in [0, 0.1) is 16.0 Å². The average Bonchev–Trinajstić information content (AvgIpc) is 2.97. The molecule has 7 nitrogen and oxygen atoms in total. The smallest absolute Gasteiger partial charge is 0.341 e. The SMILES string of the molecule is COC(=O)c1c(NC(=O)c2ccc([N+](=O)[O-])cc2Cl)sc2c1CC[C@@H](C)C2. The molecule has 0 unspecified atom stereocenters. The number of hydrogen-bond acceptors (Lipinski definition) is 6. The molecular formula is C18H17ClN2O5S. The van der Waals surface area contributed by atoms with Crippen LogP contribution < -0.4 is 5.32 Å². The summed E-state index contributed by atoms with van der Waals surface area (Å²) in [6.07, 6.45) is 2.57. The van der Waals surface area contributed by atoms with Crippen LogP contribution in [0.5, 0.6) is 0 Å². The van der Waals surface area contributed by atoms with Crippen LogP contribution in [0.4, 0.5) is 10.7 Å². The van der Waals surface area contributed by atoms with Crippen LogP contribution in [0.15, 0.2) is 18.2 Å². The molecule has 1 N–H and O–H groups in total. The van der Waals surface area contributed by atoms with Crippen LogP contribution >= 0.6 is 22.9 Å². The number of fused-ring (bicyclic) bond motifs is 1. The zero-order valence-electron chi connectivity index (χ0n) is 14.7. The molecule has 142 valence electrons. The van der Waals surface area contributed by atoms with Gasteiger partial charge < -0.3 is 10.1 Å². The van der Waals surface area contributed by atoms with E-state index in [1.807, 2.05) is 0 Å². The number of amides is 1. The molecule has 9 heteroatoms. The minimum Gasteiger partial charge on any atom is -0.465 e. The van der Waals surface area contributed by atoms with Crippen LogP contribution in [0.2, 0.25) is 5.02 Å². The number of nitrogens with one attached hydrogen (secondary N) is 1. The molecule has 1 aliphatic rings. The molecular weight excluding hydrogens is 392 g/mol. The van der Waals surface area contributed by atoms with Crippen molar-refractivity contribution in [3.05, 3.63) is 54.9 Å². The largest absolute Gasteiger partial charge is 0.465 e. The molecule has 0 fully saturated rings. The minimum absolute atomic E-state index is 0.0312. The Hall–Kier alpha value is -2.45. The highest BCUT2D eigenvalue weighted by Crippen LogP contribution is 2.40. The van der Waals surface area contributed by atoms with Crippen molar-refractivity contribution in [3.63, 3.8) is 0 Å². The summed E-state index contributed by atoms with van der Waals surface area (Å²) in [7, 11) is 1.30. The van der Waals surface area contributed by atoms with Crippen molar-refractivity contribution in [1.82, 2.24) is 0 Å². The molecule has 0 bridgehead atoms. The summed E-state index contributed by atoms with van der Waals surface area (Å²) in [4.78, 5) is 36.2. The maximum Gasteiger partial charge on any atom is 0.341 e. The maximum absolute atomic E-state index is 12.6. The first-order chi connectivity index (χ1) is 12.8. The Morgan fingerprint density at radius 2 is 2.15 bits per heavy atom. The Morgan fingerprint density at radius 3 is 2.78 bits per heavy atom. The third-order valence-corrected chi connectivity index (χ3v) is 6.02. The fourth-order valence-electron chi connectivity index (χ4n) is 3.13. The molecule has 27 heavy (non-hydrogen) atoms. The quantitative estimate of drug-likeness (QED) is 0.457. The van der Waals surface area contributed by atoms with E-state index in [4.69, 9.17) is 16.3 Å². The molecule has 0 spiro atoms. The predicted octanol–water partition coefficient (Wildman–Crippen LogP) is 4.47. The van der Waals surface area contributed by atoms with Crippen molar-refractivity contribution in [2.45, 2.75) is 26.2 Å². The van der Waals surface area contributed by atoms with Gasteiger partial charge in [0.15, 0.2) is 0 Å². The zero-order chi connectivity index (χ0) is 19.7. The van der Waals surface area contributed by atoms with Crippen molar-refractivity contribution < 1.29 is 19.2 Å². The first-order valence-corrected chi connectivity index (χ1v) is 9.49. The fourth-order valence-corrected chi connectivity index (χ4v) is 4.78. The fraction of sp³-hybridized carbons (Fsp3) is 0.333. The summed E-state index contributed by atoms with van der Waals surface area (Å²) in [5.74, 6) is -0.520. The van der Waals surface area contributed by atoms with Gasteiger partial charge in [0.1, 0.15) is 5.00 Å². The topological polar surface area (TPSA) is 98.5 Å². The van der Waals surface area contributed by atoms with E-state index in [9.17, 15) is 19.7 Å². The Bertz CT molecular complexity index is 940. The predicted molar refractivity (Wildman–Crippen MR) is 103 cm³/mol. The lowest BCUT2D eigenvalue weighted by molar-refractivity contribution is -0.384. The molecule has 1 aromatic carbocycles. The number of nitro benzene ring substituents is 1. The molecule has 0 aliphatic heterocycles. The van der Waals surface area contributed by atoms with Gasteiger partial charge in [-0.3, -0.25) is 14.9 Å². The Morgan fingerprint density at radius 1 is 1.41 bits per heavy atom. The van der Waals surface area contributed by atoms with Gasteiger partial charge in [0.2, 0.25) is 0 Å². The number of carbonyl (C=O) groups excluding carboxylic acids is 2. The monoisotopic (exact) mass is 408 g/mol. The van der Waals surface area contributed by atoms with E-state index < -0.39 is 16.8 Å². The second-order valence-electron chi connectivity index (χ2n) is 6.42. The van der Waals surface area contributed by atoms with Gasteiger partial charge in [-0.25, -0.2) is 4.79 Å². The van der Waals surface area contributed by atoms with E-state index in [0.717, 1.165) is 35.8 Å². The molecule has 0 saturated heterocycles. The number of methoxy groups -OCH3 is 1. The third-order valence-electron chi connectivity index (χ3n) is 4.54. The van der Waals surface area contributed by atoms with Gasteiger partial charge in [-0.05, 0) is 36.8 Å². The Kier molecular flexibility index (Phi) is 5.48. The molecule has 2 aromatic rings. The van der Waals surface area contributed by atoms with Crippen LogP contribution in [0.3, 0.4) is 0 Å². The highest BCUT2D eigenvalue weighted by Gasteiger charge is 2.29. The molecule has 1 amide bonds. The number of anilines is 1. The summed E-state index contributed by atoms with van der Waals surface area (Å²) in [6.45, 7) is 2.15. The number of ether oxygens (including phenoxy) is 1. The van der Waals surface area contributed by atoms with Gasteiger partial charge in [-0.2, -0.15) is 0 Å². The number of nitrogens with zero attached hydrogens (tertiary/aromatic N) is 1. The Balaban J connectivity index is 1.94. The summed E-state index contributed by atoms with van der Waals surface area (Å²) < 4.78 is 4.90. The third kappa shape index (κ3) is 3.81. The number of non-ortho nitro benzene ring substituents is 1. The van der Waals surface area contributed by atoms with Crippen molar-refractivity contribution in [2.24, 2.45) is 5.92 Å². The number of hydrogen-bond donors (Lipinski definition) is 1. The maximum atomic E-state index is 12.6. The van der Waals surface area contributed by atoms with E-state index in [2.05, 4.69) is 12.2 Å². The van der Waals surface area contributed by atoms with Crippen LogP contribution in [0.1, 0.15) is 44.5 Å². The molecule has 3 rings (SSSR count). The lowest BCUT2D eigenvalue weighted by atomic mass is 9.88. The second-order valence-corrected chi connectivity index (χ2v) is 7.94. The van der Waals surface area contributed by atoms with Gasteiger partial charge in [0, 0.05) is 17.0 Å². The van der Waals surface area contributed by atoms with Crippen molar-refractivity contribution >= 4 is 45.5 Å². The number of carbonyl (C=O) groups is 2. The zero-order valence-corrected chi connectivity index (χ0v) is 16.3. The lowest BCUT2D eigenvalue weighted by Gasteiger charge is -2.18. The van der Waals surface area contributed by atoms with Gasteiger partial charge in [-0.15, -0.1) is 11.3 Å². The van der Waals surface area contributed by atoms with Crippen LogP contribution in [-0.2, 0) is 17.6 Å². The van der Waals surface area contributed by atoms with Gasteiger partial charge in [-0.1, -0.05) is 18.5 Å². The van der Waals surface area contributed by atoms with E-state index in [-0.39, 0.29) is 16.3 Å². The standard InChI is InChI=1S/C18H17ClN2O5S/c1-9-3-5-12-14(7-9)27-17(15(12)18(23)26-2)20-16(22)11-6-4-10(21(24)25)8-13(11)19/h4,6,8-9H,3,5,7H2,1-2H3,(H,20,22)/t9-/m1/s1. The lowest BCUT2D eigenvalue weighted by Crippen LogP contribution is -2.16. The highest BCUT2D eigenvalue weighted by molar-refractivity contribution is 7.17. The number of thiophene rings is 1. The van der Waals surface area contributed by atoms with E-state index in [1.54, 1.807) is 0 Å². The molecule has 0 saturated carbocycles.